The van der Waals surface area contributed by atoms with Gasteiger partial charge in [0.2, 0.25) is 0 Å². The predicted molar refractivity (Wildman–Crippen MR) is 68.7 cm³/mol. The van der Waals surface area contributed by atoms with Gasteiger partial charge in [0.05, 0.1) is 0 Å². The van der Waals surface area contributed by atoms with Crippen LogP contribution in [0.5, 0.6) is 0 Å². The quantitative estimate of drug-likeness (QED) is 0.875. The smallest absolute Gasteiger partial charge is 0.319 e. The molecule has 0 aromatic heterocycles. The van der Waals surface area contributed by atoms with Crippen LogP contribution >= 0.6 is 0 Å². The van der Waals surface area contributed by atoms with E-state index >= 15 is 0 Å². The summed E-state index contributed by atoms with van der Waals surface area (Å²) in [4.78, 5) is 11.5. The Morgan fingerprint density at radius 2 is 1.58 bits per heavy atom. The van der Waals surface area contributed by atoms with Crippen molar-refractivity contribution in [1.82, 2.24) is 5.32 Å². The third-order valence-electron chi connectivity index (χ3n) is 2.50. The third kappa shape index (κ3) is 3.51. The fourth-order valence-electron chi connectivity index (χ4n) is 1.55. The highest BCUT2D eigenvalue weighted by Gasteiger charge is 2.11. The van der Waals surface area contributed by atoms with Gasteiger partial charge in [-0.2, -0.15) is 0 Å². The third-order valence-corrected chi connectivity index (χ3v) is 2.50. The molecule has 0 atom stereocenters. The topological polar surface area (TPSA) is 41.1 Å². The Morgan fingerprint density at radius 1 is 0.947 bits per heavy atom. The molecule has 3 nitrogen and oxygen atoms in total. The number of hydrogen-bond donors (Lipinski definition) is 2. The minimum atomic E-state index is -0.810. The van der Waals surface area contributed by atoms with Gasteiger partial charge in [-0.25, -0.2) is 13.6 Å². The lowest BCUT2D eigenvalue weighted by atomic mass is 10.2. The first-order chi connectivity index (χ1) is 9.16. The van der Waals surface area contributed by atoms with Crippen molar-refractivity contribution < 1.29 is 13.6 Å². The molecule has 0 radical (unpaired) electrons. The maximum atomic E-state index is 13.3. The lowest BCUT2D eigenvalue weighted by Crippen LogP contribution is -2.29. The van der Waals surface area contributed by atoms with Crippen molar-refractivity contribution in [2.45, 2.75) is 6.54 Å². The molecular formula is C14H12F2N2O. The molecule has 0 saturated carbocycles. The summed E-state index contributed by atoms with van der Waals surface area (Å²) in [7, 11) is 0. The second-order valence-electron chi connectivity index (χ2n) is 3.89. The zero-order valence-corrected chi connectivity index (χ0v) is 9.99. The van der Waals surface area contributed by atoms with E-state index in [1.807, 2.05) is 30.3 Å². The number of para-hydroxylation sites is 1. The Labute approximate surface area is 109 Å². The molecule has 0 heterocycles. The van der Waals surface area contributed by atoms with Crippen LogP contribution < -0.4 is 10.6 Å². The number of anilines is 1. The molecule has 0 unspecified atom stereocenters. The van der Waals surface area contributed by atoms with Gasteiger partial charge in [-0.15, -0.1) is 0 Å². The number of amides is 2. The highest BCUT2D eigenvalue weighted by molar-refractivity contribution is 5.89. The Morgan fingerprint density at radius 3 is 2.21 bits per heavy atom. The van der Waals surface area contributed by atoms with E-state index < -0.39 is 23.4 Å². The molecule has 2 aromatic carbocycles. The van der Waals surface area contributed by atoms with Crippen LogP contribution in [0.15, 0.2) is 48.5 Å². The van der Waals surface area contributed by atoms with Crippen LogP contribution in [0.3, 0.4) is 0 Å². The van der Waals surface area contributed by atoms with E-state index in [0.717, 1.165) is 17.7 Å². The predicted octanol–water partition coefficient (Wildman–Crippen LogP) is 3.29. The van der Waals surface area contributed by atoms with E-state index in [1.165, 1.54) is 6.07 Å². The minimum absolute atomic E-state index is 0.281. The standard InChI is InChI=1S/C14H12F2N2O/c15-11-7-4-8-12(16)13(11)18-14(19)17-9-10-5-2-1-3-6-10/h1-8H,9H2,(H2,17,18,19). The summed E-state index contributed by atoms with van der Waals surface area (Å²) in [5.74, 6) is -1.62. The van der Waals surface area contributed by atoms with Gasteiger partial charge >= 0.3 is 6.03 Å². The van der Waals surface area contributed by atoms with E-state index in [4.69, 9.17) is 0 Å². The van der Waals surface area contributed by atoms with Crippen LogP contribution in [0.25, 0.3) is 0 Å². The van der Waals surface area contributed by atoms with E-state index in [-0.39, 0.29) is 6.54 Å². The molecule has 2 N–H and O–H groups in total. The number of halogens is 2. The number of benzene rings is 2. The van der Waals surface area contributed by atoms with Gasteiger partial charge in [0.25, 0.3) is 0 Å². The molecule has 0 aliphatic rings. The zero-order chi connectivity index (χ0) is 13.7. The first kappa shape index (κ1) is 13.0. The van der Waals surface area contributed by atoms with Crippen LogP contribution in [0.2, 0.25) is 0 Å². The fraction of sp³-hybridized carbons (Fsp3) is 0.0714. The maximum absolute atomic E-state index is 13.3. The first-order valence-corrected chi connectivity index (χ1v) is 5.69. The largest absolute Gasteiger partial charge is 0.334 e. The number of rotatable bonds is 3. The Bertz CT molecular complexity index is 553. The van der Waals surface area contributed by atoms with Crippen LogP contribution in [0.4, 0.5) is 19.3 Å². The van der Waals surface area contributed by atoms with E-state index in [9.17, 15) is 13.6 Å². The Balaban J connectivity index is 1.95. The molecule has 5 heteroatoms. The summed E-state index contributed by atoms with van der Waals surface area (Å²) in [6.07, 6.45) is 0. The molecule has 0 bridgehead atoms. The maximum Gasteiger partial charge on any atom is 0.319 e. The highest BCUT2D eigenvalue weighted by Crippen LogP contribution is 2.17. The van der Waals surface area contributed by atoms with Crippen molar-refractivity contribution >= 4 is 11.7 Å². The Kier molecular flexibility index (Phi) is 4.07. The number of hydrogen-bond acceptors (Lipinski definition) is 1. The van der Waals surface area contributed by atoms with Gasteiger partial charge in [0.1, 0.15) is 17.3 Å². The Hall–Kier alpha value is -2.43. The van der Waals surface area contributed by atoms with Crippen molar-refractivity contribution in [2.24, 2.45) is 0 Å². The van der Waals surface area contributed by atoms with Crippen molar-refractivity contribution in [3.63, 3.8) is 0 Å². The average Bonchev–Trinajstić information content (AvgIpc) is 2.42. The number of nitrogens with one attached hydrogen (secondary N) is 2. The minimum Gasteiger partial charge on any atom is -0.334 e. The monoisotopic (exact) mass is 262 g/mol. The number of carbonyl (C=O) groups is 1. The average molecular weight is 262 g/mol. The first-order valence-electron chi connectivity index (χ1n) is 5.69. The SMILES string of the molecule is O=C(NCc1ccccc1)Nc1c(F)cccc1F. The molecule has 0 spiro atoms. The molecule has 98 valence electrons. The normalized spacial score (nSPS) is 10.0. The van der Waals surface area contributed by atoms with E-state index in [0.29, 0.717) is 0 Å². The fourth-order valence-corrected chi connectivity index (χ4v) is 1.55. The number of carbonyl (C=O) groups excluding carboxylic acids is 1. The molecular weight excluding hydrogens is 250 g/mol. The second-order valence-corrected chi connectivity index (χ2v) is 3.89. The molecule has 2 amide bonds. The van der Waals surface area contributed by atoms with Gasteiger partial charge in [-0.3, -0.25) is 0 Å². The van der Waals surface area contributed by atoms with E-state index in [2.05, 4.69) is 10.6 Å². The molecule has 0 saturated heterocycles. The summed E-state index contributed by atoms with van der Waals surface area (Å²) in [5, 5.41) is 4.67. The second kappa shape index (κ2) is 5.95. The van der Waals surface area contributed by atoms with Crippen molar-refractivity contribution in [3.8, 4) is 0 Å². The molecule has 2 rings (SSSR count). The number of urea groups is 1. The van der Waals surface area contributed by atoms with Crippen molar-refractivity contribution in [3.05, 3.63) is 65.7 Å². The molecule has 0 fully saturated rings. The zero-order valence-electron chi connectivity index (χ0n) is 9.99. The van der Waals surface area contributed by atoms with Crippen LogP contribution in [-0.2, 0) is 6.54 Å². The lowest BCUT2D eigenvalue weighted by molar-refractivity contribution is 0.251. The molecule has 2 aromatic rings. The summed E-state index contributed by atoms with van der Waals surface area (Å²) < 4.78 is 26.6. The summed E-state index contributed by atoms with van der Waals surface area (Å²) in [6.45, 7) is 0.281. The molecule has 0 aliphatic carbocycles. The molecule has 0 aliphatic heterocycles. The van der Waals surface area contributed by atoms with Gasteiger partial charge in [0.15, 0.2) is 0 Å². The lowest BCUT2D eigenvalue weighted by Gasteiger charge is -2.09. The summed E-state index contributed by atoms with van der Waals surface area (Å²) in [6, 6.07) is 11.9. The summed E-state index contributed by atoms with van der Waals surface area (Å²) in [5.41, 5.74) is 0.444. The van der Waals surface area contributed by atoms with Crippen LogP contribution in [0.1, 0.15) is 5.56 Å². The van der Waals surface area contributed by atoms with Gasteiger partial charge in [0, 0.05) is 6.54 Å². The van der Waals surface area contributed by atoms with E-state index in [1.54, 1.807) is 0 Å². The van der Waals surface area contributed by atoms with Crippen molar-refractivity contribution in [2.75, 3.05) is 5.32 Å². The highest BCUT2D eigenvalue weighted by atomic mass is 19.1. The summed E-state index contributed by atoms with van der Waals surface area (Å²) >= 11 is 0. The van der Waals surface area contributed by atoms with Gasteiger partial charge in [-0.1, -0.05) is 36.4 Å². The van der Waals surface area contributed by atoms with Crippen LogP contribution in [0, 0.1) is 11.6 Å². The van der Waals surface area contributed by atoms with Gasteiger partial charge in [-0.05, 0) is 17.7 Å². The van der Waals surface area contributed by atoms with Crippen molar-refractivity contribution in [1.29, 1.82) is 0 Å². The van der Waals surface area contributed by atoms with Crippen LogP contribution in [-0.4, -0.2) is 6.03 Å². The molecule has 19 heavy (non-hydrogen) atoms. The van der Waals surface area contributed by atoms with Gasteiger partial charge < -0.3 is 10.6 Å².